The van der Waals surface area contributed by atoms with E-state index in [4.69, 9.17) is 4.74 Å². The van der Waals surface area contributed by atoms with E-state index >= 15 is 0 Å². The van der Waals surface area contributed by atoms with Gasteiger partial charge in [0.25, 0.3) is 0 Å². The Hall–Kier alpha value is -0.860. The Labute approximate surface area is 105 Å². The molecule has 0 saturated carbocycles. The third-order valence-corrected chi connectivity index (χ3v) is 2.87. The molecule has 1 atom stereocenters. The zero-order valence-corrected chi connectivity index (χ0v) is 11.1. The molecule has 0 aliphatic heterocycles. The molecule has 1 rings (SSSR count). The van der Waals surface area contributed by atoms with Crippen LogP contribution < -0.4 is 0 Å². The molecule has 0 amide bonds. The fourth-order valence-electron chi connectivity index (χ4n) is 1.71. The van der Waals surface area contributed by atoms with Gasteiger partial charge in [-0.1, -0.05) is 45.0 Å². The molecule has 1 unspecified atom stereocenters. The van der Waals surface area contributed by atoms with Crippen LogP contribution in [0.1, 0.15) is 56.8 Å². The van der Waals surface area contributed by atoms with E-state index in [1.807, 2.05) is 12.1 Å². The molecule has 17 heavy (non-hydrogen) atoms. The van der Waals surface area contributed by atoms with Gasteiger partial charge < -0.3 is 9.84 Å². The zero-order valence-electron chi connectivity index (χ0n) is 11.1. The van der Waals surface area contributed by atoms with E-state index in [1.54, 1.807) is 0 Å². The summed E-state index contributed by atoms with van der Waals surface area (Å²) in [5.74, 6) is 0.536. The van der Waals surface area contributed by atoms with Crippen molar-refractivity contribution in [1.82, 2.24) is 0 Å². The van der Waals surface area contributed by atoms with Crippen molar-refractivity contribution in [3.05, 3.63) is 35.4 Å². The van der Waals surface area contributed by atoms with Crippen LogP contribution in [0, 0.1) is 0 Å². The van der Waals surface area contributed by atoms with E-state index in [2.05, 4.69) is 32.9 Å². The largest absolute Gasteiger partial charge is 0.388 e. The second-order valence-corrected chi connectivity index (χ2v) is 4.74. The van der Waals surface area contributed by atoms with Crippen LogP contribution in [-0.4, -0.2) is 18.3 Å². The number of ether oxygens (including phenoxy) is 1. The van der Waals surface area contributed by atoms with Gasteiger partial charge in [-0.05, 0) is 23.5 Å². The average Bonchev–Trinajstić information content (AvgIpc) is 2.34. The molecule has 0 aromatic heterocycles. The Morgan fingerprint density at radius 2 is 1.65 bits per heavy atom. The fraction of sp³-hybridized carbons (Fsp3) is 0.600. The van der Waals surface area contributed by atoms with Crippen molar-refractivity contribution < 1.29 is 9.84 Å². The van der Waals surface area contributed by atoms with Crippen molar-refractivity contribution in [2.45, 2.75) is 45.6 Å². The van der Waals surface area contributed by atoms with Gasteiger partial charge in [0.2, 0.25) is 0 Å². The molecule has 1 aromatic carbocycles. The highest BCUT2D eigenvalue weighted by Gasteiger charge is 2.07. The minimum Gasteiger partial charge on any atom is -0.388 e. The van der Waals surface area contributed by atoms with Gasteiger partial charge in [-0.3, -0.25) is 0 Å². The fourth-order valence-corrected chi connectivity index (χ4v) is 1.71. The Bertz CT molecular complexity index is 303. The lowest BCUT2D eigenvalue weighted by molar-refractivity contribution is 0.0822. The Balaban J connectivity index is 2.43. The molecular formula is C15H24O2. The first-order chi connectivity index (χ1) is 8.15. The minimum absolute atomic E-state index is 0.409. The van der Waals surface area contributed by atoms with E-state index in [-0.39, 0.29) is 0 Å². The summed E-state index contributed by atoms with van der Waals surface area (Å²) in [6.07, 6.45) is 1.29. The highest BCUT2D eigenvalue weighted by molar-refractivity contribution is 5.26. The molecule has 2 nitrogen and oxygen atoms in total. The van der Waals surface area contributed by atoms with Crippen molar-refractivity contribution >= 4 is 0 Å². The van der Waals surface area contributed by atoms with Gasteiger partial charge in [0, 0.05) is 19.6 Å². The zero-order chi connectivity index (χ0) is 12.7. The molecule has 0 bridgehead atoms. The van der Waals surface area contributed by atoms with Crippen LogP contribution in [0.2, 0.25) is 0 Å². The van der Waals surface area contributed by atoms with E-state index in [1.165, 1.54) is 5.56 Å². The van der Waals surface area contributed by atoms with Crippen LogP contribution in [-0.2, 0) is 4.74 Å². The molecule has 0 saturated heterocycles. The van der Waals surface area contributed by atoms with Crippen LogP contribution in [0.4, 0.5) is 0 Å². The minimum atomic E-state index is -0.409. The van der Waals surface area contributed by atoms with E-state index in [0.717, 1.165) is 18.6 Å². The van der Waals surface area contributed by atoms with Crippen molar-refractivity contribution in [3.8, 4) is 0 Å². The lowest BCUT2D eigenvalue weighted by atomic mass is 9.99. The topological polar surface area (TPSA) is 29.5 Å². The molecule has 1 aromatic rings. The third-order valence-electron chi connectivity index (χ3n) is 2.87. The van der Waals surface area contributed by atoms with Gasteiger partial charge in [0.1, 0.15) is 0 Å². The van der Waals surface area contributed by atoms with Crippen LogP contribution in [0.15, 0.2) is 24.3 Å². The smallest absolute Gasteiger partial charge is 0.0812 e. The van der Waals surface area contributed by atoms with Gasteiger partial charge in [-0.25, -0.2) is 0 Å². The lowest BCUT2D eigenvalue weighted by Gasteiger charge is -2.12. The van der Waals surface area contributed by atoms with Crippen LogP contribution in [0.3, 0.4) is 0 Å². The summed E-state index contributed by atoms with van der Waals surface area (Å²) >= 11 is 0. The number of aliphatic hydroxyl groups excluding tert-OH is 1. The maximum atomic E-state index is 9.97. The predicted molar refractivity (Wildman–Crippen MR) is 71.2 cm³/mol. The van der Waals surface area contributed by atoms with Crippen molar-refractivity contribution in [3.63, 3.8) is 0 Å². The number of aliphatic hydroxyl groups is 1. The molecule has 2 heteroatoms. The number of hydrogen-bond donors (Lipinski definition) is 1. The molecule has 96 valence electrons. The predicted octanol–water partition coefficient (Wildman–Crippen LogP) is 3.66. The van der Waals surface area contributed by atoms with Crippen molar-refractivity contribution in [2.75, 3.05) is 13.2 Å². The highest BCUT2D eigenvalue weighted by atomic mass is 16.5. The SMILES string of the molecule is CCCOCCC(O)c1ccc(C(C)C)cc1. The summed E-state index contributed by atoms with van der Waals surface area (Å²) in [5.41, 5.74) is 2.29. The Morgan fingerprint density at radius 1 is 1.06 bits per heavy atom. The normalized spacial score (nSPS) is 13.0. The molecule has 0 spiro atoms. The molecular weight excluding hydrogens is 212 g/mol. The second kappa shape index (κ2) is 7.46. The number of hydrogen-bond acceptors (Lipinski definition) is 2. The van der Waals surface area contributed by atoms with Crippen LogP contribution in [0.25, 0.3) is 0 Å². The van der Waals surface area contributed by atoms with Gasteiger partial charge >= 0.3 is 0 Å². The first-order valence-electron chi connectivity index (χ1n) is 6.50. The van der Waals surface area contributed by atoms with Gasteiger partial charge in [-0.15, -0.1) is 0 Å². The molecule has 0 radical (unpaired) electrons. The van der Waals surface area contributed by atoms with Gasteiger partial charge in [0.15, 0.2) is 0 Å². The first-order valence-corrected chi connectivity index (χ1v) is 6.50. The lowest BCUT2D eigenvalue weighted by Crippen LogP contribution is -2.04. The van der Waals surface area contributed by atoms with Crippen LogP contribution in [0.5, 0.6) is 0 Å². The average molecular weight is 236 g/mol. The van der Waals surface area contributed by atoms with Crippen molar-refractivity contribution in [2.24, 2.45) is 0 Å². The third kappa shape index (κ3) is 4.88. The summed E-state index contributed by atoms with van der Waals surface area (Å²) in [4.78, 5) is 0. The first kappa shape index (κ1) is 14.2. The molecule has 0 aliphatic carbocycles. The molecule has 1 N–H and O–H groups in total. The van der Waals surface area contributed by atoms with Crippen LogP contribution >= 0.6 is 0 Å². The Morgan fingerprint density at radius 3 is 2.18 bits per heavy atom. The Kier molecular flexibility index (Phi) is 6.23. The summed E-state index contributed by atoms with van der Waals surface area (Å²) in [7, 11) is 0. The summed E-state index contributed by atoms with van der Waals surface area (Å²) in [6.45, 7) is 7.83. The second-order valence-electron chi connectivity index (χ2n) is 4.74. The number of rotatable bonds is 7. The van der Waals surface area contributed by atoms with Gasteiger partial charge in [-0.2, -0.15) is 0 Å². The number of benzene rings is 1. The van der Waals surface area contributed by atoms with E-state index in [0.29, 0.717) is 18.9 Å². The maximum absolute atomic E-state index is 9.97. The van der Waals surface area contributed by atoms with Gasteiger partial charge in [0.05, 0.1) is 6.10 Å². The molecule has 0 fully saturated rings. The quantitative estimate of drug-likeness (QED) is 0.732. The van der Waals surface area contributed by atoms with E-state index < -0.39 is 6.10 Å². The summed E-state index contributed by atoms with van der Waals surface area (Å²) in [6, 6.07) is 8.21. The molecule has 0 aliphatic rings. The highest BCUT2D eigenvalue weighted by Crippen LogP contribution is 2.20. The monoisotopic (exact) mass is 236 g/mol. The molecule has 0 heterocycles. The standard InChI is InChI=1S/C15H24O2/c1-4-10-17-11-9-15(16)14-7-5-13(6-8-14)12(2)3/h5-8,12,15-16H,4,9-11H2,1-3H3. The summed E-state index contributed by atoms with van der Waals surface area (Å²) < 4.78 is 5.38. The van der Waals surface area contributed by atoms with E-state index in [9.17, 15) is 5.11 Å². The summed E-state index contributed by atoms with van der Waals surface area (Å²) in [5, 5.41) is 9.97. The maximum Gasteiger partial charge on any atom is 0.0812 e. The van der Waals surface area contributed by atoms with Crippen molar-refractivity contribution in [1.29, 1.82) is 0 Å².